The average Bonchev–Trinajstić information content (AvgIpc) is 2.47. The van der Waals surface area contributed by atoms with Gasteiger partial charge >= 0.3 is 0 Å². The SMILES string of the molecule is O=C(Cl)c1cc2cc(Cl)cc(Cl)c2o1. The summed E-state index contributed by atoms with van der Waals surface area (Å²) in [5.74, 6) is 0.0610. The Balaban J connectivity index is 2.76. The van der Waals surface area contributed by atoms with E-state index in [9.17, 15) is 4.79 Å². The van der Waals surface area contributed by atoms with E-state index in [1.54, 1.807) is 6.07 Å². The molecule has 1 aromatic carbocycles. The van der Waals surface area contributed by atoms with Crippen LogP contribution in [0.1, 0.15) is 10.6 Å². The van der Waals surface area contributed by atoms with Gasteiger partial charge in [0, 0.05) is 10.4 Å². The first kappa shape index (κ1) is 9.84. The normalized spacial score (nSPS) is 10.8. The highest BCUT2D eigenvalue weighted by molar-refractivity contribution is 6.67. The van der Waals surface area contributed by atoms with Crippen molar-refractivity contribution in [3.8, 4) is 0 Å². The smallest absolute Gasteiger partial charge is 0.287 e. The molecule has 0 saturated carbocycles. The maximum atomic E-state index is 10.8. The van der Waals surface area contributed by atoms with Crippen LogP contribution < -0.4 is 0 Å². The van der Waals surface area contributed by atoms with Gasteiger partial charge in [-0.05, 0) is 29.8 Å². The number of halogens is 3. The van der Waals surface area contributed by atoms with Gasteiger partial charge in [-0.15, -0.1) is 0 Å². The summed E-state index contributed by atoms with van der Waals surface area (Å²) in [6.45, 7) is 0. The molecule has 72 valence electrons. The van der Waals surface area contributed by atoms with E-state index in [4.69, 9.17) is 39.2 Å². The monoisotopic (exact) mass is 248 g/mol. The minimum atomic E-state index is -0.659. The van der Waals surface area contributed by atoms with Crippen LogP contribution in [0.15, 0.2) is 22.6 Å². The highest BCUT2D eigenvalue weighted by Gasteiger charge is 2.12. The molecule has 0 aliphatic rings. The van der Waals surface area contributed by atoms with Crippen LogP contribution in [-0.4, -0.2) is 5.24 Å². The molecule has 0 aliphatic heterocycles. The first-order valence-corrected chi connectivity index (χ1v) is 4.80. The Bertz CT molecular complexity index is 516. The van der Waals surface area contributed by atoms with Gasteiger partial charge in [0.15, 0.2) is 11.3 Å². The topological polar surface area (TPSA) is 30.2 Å². The van der Waals surface area contributed by atoms with Crippen molar-refractivity contribution in [2.75, 3.05) is 0 Å². The predicted octanol–water partition coefficient (Wildman–Crippen LogP) is 4.12. The molecule has 0 fully saturated rings. The lowest BCUT2D eigenvalue weighted by Gasteiger charge is -1.92. The first-order chi connectivity index (χ1) is 6.58. The number of carbonyl (C=O) groups excluding carboxylic acids is 1. The lowest BCUT2D eigenvalue weighted by atomic mass is 10.2. The summed E-state index contributed by atoms with van der Waals surface area (Å²) < 4.78 is 5.14. The van der Waals surface area contributed by atoms with Gasteiger partial charge in [-0.2, -0.15) is 0 Å². The first-order valence-electron chi connectivity index (χ1n) is 3.66. The van der Waals surface area contributed by atoms with Crippen molar-refractivity contribution in [3.05, 3.63) is 34.0 Å². The minimum absolute atomic E-state index is 0.0610. The second kappa shape index (κ2) is 3.46. The Labute approximate surface area is 94.3 Å². The summed E-state index contributed by atoms with van der Waals surface area (Å²) >= 11 is 16.9. The van der Waals surface area contributed by atoms with E-state index in [0.29, 0.717) is 21.0 Å². The van der Waals surface area contributed by atoms with Gasteiger partial charge < -0.3 is 4.42 Å². The number of rotatable bonds is 1. The Hall–Kier alpha value is -0.700. The largest absolute Gasteiger partial charge is 0.450 e. The number of carbonyl (C=O) groups is 1. The summed E-state index contributed by atoms with van der Waals surface area (Å²) in [6.07, 6.45) is 0. The molecule has 1 heterocycles. The Kier molecular flexibility index (Phi) is 2.43. The van der Waals surface area contributed by atoms with Crippen LogP contribution in [0.5, 0.6) is 0 Å². The molecule has 0 spiro atoms. The Morgan fingerprint density at radius 2 is 1.93 bits per heavy atom. The predicted molar refractivity (Wildman–Crippen MR) is 56.4 cm³/mol. The summed E-state index contributed by atoms with van der Waals surface area (Å²) in [6, 6.07) is 4.69. The third-order valence-corrected chi connectivity index (χ3v) is 2.41. The Morgan fingerprint density at radius 1 is 1.21 bits per heavy atom. The van der Waals surface area contributed by atoms with Gasteiger partial charge in [0.25, 0.3) is 5.24 Å². The van der Waals surface area contributed by atoms with Crippen molar-refractivity contribution in [2.45, 2.75) is 0 Å². The quantitative estimate of drug-likeness (QED) is 0.712. The molecule has 2 aromatic rings. The third-order valence-electron chi connectivity index (χ3n) is 1.73. The molecular weight excluding hydrogens is 246 g/mol. The molecule has 5 heteroatoms. The van der Waals surface area contributed by atoms with Crippen molar-refractivity contribution < 1.29 is 9.21 Å². The number of fused-ring (bicyclic) bond motifs is 1. The molecule has 0 aliphatic carbocycles. The van der Waals surface area contributed by atoms with Gasteiger partial charge in [0.1, 0.15) is 0 Å². The van der Waals surface area contributed by atoms with Crippen molar-refractivity contribution in [1.82, 2.24) is 0 Å². The van der Waals surface area contributed by atoms with Crippen molar-refractivity contribution in [1.29, 1.82) is 0 Å². The summed E-state index contributed by atoms with van der Waals surface area (Å²) in [4.78, 5) is 10.8. The molecule has 0 unspecified atom stereocenters. The van der Waals surface area contributed by atoms with Gasteiger partial charge in [-0.3, -0.25) is 4.79 Å². The van der Waals surface area contributed by atoms with Crippen LogP contribution in [0, 0.1) is 0 Å². The molecule has 0 radical (unpaired) electrons. The fraction of sp³-hybridized carbons (Fsp3) is 0. The van der Waals surface area contributed by atoms with E-state index in [0.717, 1.165) is 0 Å². The maximum Gasteiger partial charge on any atom is 0.287 e. The van der Waals surface area contributed by atoms with Crippen LogP contribution in [-0.2, 0) is 0 Å². The zero-order chi connectivity index (χ0) is 10.3. The van der Waals surface area contributed by atoms with Gasteiger partial charge in [-0.1, -0.05) is 23.2 Å². The van der Waals surface area contributed by atoms with Crippen LogP contribution in [0.4, 0.5) is 0 Å². The lowest BCUT2D eigenvalue weighted by Crippen LogP contribution is -1.80. The fourth-order valence-electron chi connectivity index (χ4n) is 1.17. The maximum absolute atomic E-state index is 10.8. The van der Waals surface area contributed by atoms with Crippen LogP contribution in [0.3, 0.4) is 0 Å². The third kappa shape index (κ3) is 1.61. The van der Waals surface area contributed by atoms with E-state index in [1.807, 2.05) is 0 Å². The Morgan fingerprint density at radius 3 is 2.57 bits per heavy atom. The number of furan rings is 1. The lowest BCUT2D eigenvalue weighted by molar-refractivity contribution is 0.105. The average molecular weight is 249 g/mol. The molecule has 0 saturated heterocycles. The van der Waals surface area contributed by atoms with Crippen molar-refractivity contribution >= 4 is 51.0 Å². The summed E-state index contributed by atoms with van der Waals surface area (Å²) in [5.41, 5.74) is 0.417. The molecule has 0 amide bonds. The summed E-state index contributed by atoms with van der Waals surface area (Å²) in [5, 5.41) is 0.841. The zero-order valence-electron chi connectivity index (χ0n) is 6.68. The highest BCUT2D eigenvalue weighted by atomic mass is 35.5. The van der Waals surface area contributed by atoms with Crippen LogP contribution >= 0.6 is 34.8 Å². The molecule has 0 N–H and O–H groups in total. The van der Waals surface area contributed by atoms with Crippen LogP contribution in [0.2, 0.25) is 10.0 Å². The number of hydrogen-bond donors (Lipinski definition) is 0. The molecule has 14 heavy (non-hydrogen) atoms. The van der Waals surface area contributed by atoms with Crippen LogP contribution in [0.25, 0.3) is 11.0 Å². The standard InChI is InChI=1S/C9H3Cl3O2/c10-5-1-4-2-7(9(12)13)14-8(4)6(11)3-5/h1-3H. The minimum Gasteiger partial charge on any atom is -0.450 e. The van der Waals surface area contributed by atoms with Gasteiger partial charge in [0.2, 0.25) is 0 Å². The van der Waals surface area contributed by atoms with Gasteiger partial charge in [-0.25, -0.2) is 0 Å². The second-order valence-electron chi connectivity index (χ2n) is 2.69. The molecule has 2 nitrogen and oxygen atoms in total. The van der Waals surface area contributed by atoms with Crippen molar-refractivity contribution in [3.63, 3.8) is 0 Å². The van der Waals surface area contributed by atoms with E-state index in [1.165, 1.54) is 12.1 Å². The van der Waals surface area contributed by atoms with E-state index in [-0.39, 0.29) is 5.76 Å². The zero-order valence-corrected chi connectivity index (χ0v) is 8.95. The van der Waals surface area contributed by atoms with E-state index >= 15 is 0 Å². The molecule has 0 bridgehead atoms. The van der Waals surface area contributed by atoms with E-state index < -0.39 is 5.24 Å². The molecular formula is C9H3Cl3O2. The van der Waals surface area contributed by atoms with Crippen molar-refractivity contribution in [2.24, 2.45) is 0 Å². The van der Waals surface area contributed by atoms with E-state index in [2.05, 4.69) is 0 Å². The summed E-state index contributed by atoms with van der Waals surface area (Å²) in [7, 11) is 0. The second-order valence-corrected chi connectivity index (χ2v) is 3.88. The number of benzene rings is 1. The number of hydrogen-bond acceptors (Lipinski definition) is 2. The molecule has 2 rings (SSSR count). The van der Waals surface area contributed by atoms with Gasteiger partial charge in [0.05, 0.1) is 5.02 Å². The fourth-order valence-corrected chi connectivity index (χ4v) is 1.81. The highest BCUT2D eigenvalue weighted by Crippen LogP contribution is 2.30. The molecule has 1 aromatic heterocycles. The molecule has 0 atom stereocenters.